The van der Waals surface area contributed by atoms with Crippen molar-refractivity contribution >= 4 is 55.8 Å². The average Bonchev–Trinajstić information content (AvgIpc) is 2.65. The topological polar surface area (TPSA) is 44.4 Å². The summed E-state index contributed by atoms with van der Waals surface area (Å²) >= 11 is 5.78. The predicted octanol–water partition coefficient (Wildman–Crippen LogP) is 5.57. The van der Waals surface area contributed by atoms with Gasteiger partial charge in [0.25, 0.3) is 5.91 Å². The number of rotatable bonds is 9. The van der Waals surface area contributed by atoms with Crippen molar-refractivity contribution in [3.8, 4) is 0 Å². The molecule has 146 valence electrons. The fraction of sp³-hybridized carbons (Fsp3) is 0.381. The number of hydrogen-bond donors (Lipinski definition) is 2. The van der Waals surface area contributed by atoms with Crippen molar-refractivity contribution in [1.82, 2.24) is 10.2 Å². The van der Waals surface area contributed by atoms with E-state index in [0.717, 1.165) is 47.5 Å². The standard InChI is InChI=1S/C21H27BrIN3O/c1-4-26(5-2)12-6-11-24-21(27)18-14-16(22)7-9-20(18)25-19-10-8-17(23)13-15(19)3/h7-10,13-14,25H,4-6,11-12H2,1-3H3,(H,24,27). The molecule has 6 heteroatoms. The van der Waals surface area contributed by atoms with Crippen LogP contribution in [-0.4, -0.2) is 37.0 Å². The van der Waals surface area contributed by atoms with Crippen molar-refractivity contribution in [2.45, 2.75) is 27.2 Å². The second-order valence-corrected chi connectivity index (χ2v) is 8.57. The van der Waals surface area contributed by atoms with Gasteiger partial charge < -0.3 is 15.5 Å². The highest BCUT2D eigenvalue weighted by atomic mass is 127. The first-order valence-electron chi connectivity index (χ1n) is 9.27. The Morgan fingerprint density at radius 3 is 2.48 bits per heavy atom. The van der Waals surface area contributed by atoms with E-state index in [1.54, 1.807) is 0 Å². The third-order valence-corrected chi connectivity index (χ3v) is 5.68. The second-order valence-electron chi connectivity index (χ2n) is 6.41. The molecule has 0 aliphatic carbocycles. The summed E-state index contributed by atoms with van der Waals surface area (Å²) in [4.78, 5) is 15.1. The van der Waals surface area contributed by atoms with Gasteiger partial charge in [-0.3, -0.25) is 4.79 Å². The Hall–Kier alpha value is -1.12. The van der Waals surface area contributed by atoms with Gasteiger partial charge in [-0.2, -0.15) is 0 Å². The van der Waals surface area contributed by atoms with Crippen molar-refractivity contribution in [3.05, 3.63) is 55.6 Å². The molecule has 0 saturated heterocycles. The molecular formula is C21H27BrIN3O. The van der Waals surface area contributed by atoms with Crippen LogP contribution in [0, 0.1) is 10.5 Å². The van der Waals surface area contributed by atoms with Gasteiger partial charge in [-0.25, -0.2) is 0 Å². The Labute approximate surface area is 184 Å². The van der Waals surface area contributed by atoms with Crippen LogP contribution < -0.4 is 10.6 Å². The predicted molar refractivity (Wildman–Crippen MR) is 126 cm³/mol. The second kappa shape index (κ2) is 11.0. The molecule has 2 aromatic rings. The van der Waals surface area contributed by atoms with Gasteiger partial charge in [0.05, 0.1) is 11.3 Å². The average molecular weight is 544 g/mol. The number of carbonyl (C=O) groups excluding carboxylic acids is 1. The van der Waals surface area contributed by atoms with Gasteiger partial charge in [0, 0.05) is 20.3 Å². The van der Waals surface area contributed by atoms with Gasteiger partial charge in [-0.05, 0) is 97.5 Å². The van der Waals surface area contributed by atoms with Crippen molar-refractivity contribution < 1.29 is 4.79 Å². The lowest BCUT2D eigenvalue weighted by Crippen LogP contribution is -2.30. The van der Waals surface area contributed by atoms with Gasteiger partial charge in [0.1, 0.15) is 0 Å². The van der Waals surface area contributed by atoms with Crippen LogP contribution in [0.2, 0.25) is 0 Å². The van der Waals surface area contributed by atoms with Crippen LogP contribution in [0.5, 0.6) is 0 Å². The van der Waals surface area contributed by atoms with E-state index in [1.165, 1.54) is 3.57 Å². The van der Waals surface area contributed by atoms with E-state index < -0.39 is 0 Å². The highest BCUT2D eigenvalue weighted by molar-refractivity contribution is 14.1. The Kier molecular flexibility index (Phi) is 9.05. The lowest BCUT2D eigenvalue weighted by molar-refractivity contribution is 0.0952. The van der Waals surface area contributed by atoms with Gasteiger partial charge in [-0.1, -0.05) is 29.8 Å². The van der Waals surface area contributed by atoms with Crippen molar-refractivity contribution in [2.75, 3.05) is 31.5 Å². The maximum absolute atomic E-state index is 12.7. The number of hydrogen-bond acceptors (Lipinski definition) is 3. The fourth-order valence-electron chi connectivity index (χ4n) is 2.87. The zero-order valence-corrected chi connectivity index (χ0v) is 19.9. The molecule has 0 fully saturated rings. The van der Waals surface area contributed by atoms with E-state index in [2.05, 4.69) is 87.0 Å². The summed E-state index contributed by atoms with van der Waals surface area (Å²) < 4.78 is 2.08. The number of amides is 1. The largest absolute Gasteiger partial charge is 0.355 e. The Balaban J connectivity index is 2.07. The summed E-state index contributed by atoms with van der Waals surface area (Å²) in [6.45, 7) is 10.1. The molecule has 2 aromatic carbocycles. The number of nitrogens with one attached hydrogen (secondary N) is 2. The molecule has 0 spiro atoms. The summed E-state index contributed by atoms with van der Waals surface area (Å²) in [6, 6.07) is 12.0. The zero-order valence-electron chi connectivity index (χ0n) is 16.1. The van der Waals surface area contributed by atoms with Crippen molar-refractivity contribution in [2.24, 2.45) is 0 Å². The molecule has 0 heterocycles. The number of nitrogens with zero attached hydrogens (tertiary/aromatic N) is 1. The summed E-state index contributed by atoms with van der Waals surface area (Å²) in [5, 5.41) is 6.46. The Morgan fingerprint density at radius 2 is 1.81 bits per heavy atom. The molecule has 0 saturated carbocycles. The SMILES string of the molecule is CCN(CC)CCCNC(=O)c1cc(Br)ccc1Nc1ccc(I)cc1C. The lowest BCUT2D eigenvalue weighted by Gasteiger charge is -2.18. The van der Waals surface area contributed by atoms with E-state index in [9.17, 15) is 4.79 Å². The number of anilines is 2. The minimum Gasteiger partial charge on any atom is -0.355 e. The van der Waals surface area contributed by atoms with Crippen LogP contribution in [0.4, 0.5) is 11.4 Å². The summed E-state index contributed by atoms with van der Waals surface area (Å²) in [6.07, 6.45) is 0.945. The highest BCUT2D eigenvalue weighted by Gasteiger charge is 2.13. The molecule has 0 radical (unpaired) electrons. The third kappa shape index (κ3) is 6.76. The molecular weight excluding hydrogens is 517 g/mol. The normalized spacial score (nSPS) is 10.9. The Bertz CT molecular complexity index is 778. The van der Waals surface area contributed by atoms with Gasteiger partial charge in [0.2, 0.25) is 0 Å². The maximum Gasteiger partial charge on any atom is 0.253 e. The number of aryl methyl sites for hydroxylation is 1. The third-order valence-electron chi connectivity index (χ3n) is 4.52. The maximum atomic E-state index is 12.7. The van der Waals surface area contributed by atoms with E-state index in [4.69, 9.17) is 0 Å². The number of halogens is 2. The first-order valence-corrected chi connectivity index (χ1v) is 11.1. The van der Waals surface area contributed by atoms with Gasteiger partial charge in [-0.15, -0.1) is 0 Å². The Morgan fingerprint density at radius 1 is 1.11 bits per heavy atom. The molecule has 0 bridgehead atoms. The summed E-state index contributed by atoms with van der Waals surface area (Å²) in [5.74, 6) is -0.0542. The van der Waals surface area contributed by atoms with Gasteiger partial charge in [0.15, 0.2) is 0 Å². The molecule has 27 heavy (non-hydrogen) atoms. The minimum absolute atomic E-state index is 0.0542. The van der Waals surface area contributed by atoms with E-state index in [-0.39, 0.29) is 5.91 Å². The highest BCUT2D eigenvalue weighted by Crippen LogP contribution is 2.27. The van der Waals surface area contributed by atoms with Crippen LogP contribution in [0.25, 0.3) is 0 Å². The van der Waals surface area contributed by atoms with Crippen LogP contribution in [0.1, 0.15) is 36.2 Å². The van der Waals surface area contributed by atoms with E-state index >= 15 is 0 Å². The molecule has 0 aliphatic rings. The number of benzene rings is 2. The first-order chi connectivity index (χ1) is 12.9. The van der Waals surface area contributed by atoms with E-state index in [1.807, 2.05) is 24.3 Å². The molecule has 0 atom stereocenters. The molecule has 4 nitrogen and oxygen atoms in total. The molecule has 1 amide bonds. The van der Waals surface area contributed by atoms with Crippen molar-refractivity contribution in [3.63, 3.8) is 0 Å². The van der Waals surface area contributed by atoms with Gasteiger partial charge >= 0.3 is 0 Å². The fourth-order valence-corrected chi connectivity index (χ4v) is 3.87. The first kappa shape index (κ1) is 22.2. The number of carbonyl (C=O) groups is 1. The summed E-state index contributed by atoms with van der Waals surface area (Å²) in [5.41, 5.74) is 3.61. The smallest absolute Gasteiger partial charge is 0.253 e. The molecule has 0 unspecified atom stereocenters. The van der Waals surface area contributed by atoms with Crippen molar-refractivity contribution in [1.29, 1.82) is 0 Å². The molecule has 0 aromatic heterocycles. The van der Waals surface area contributed by atoms with Crippen LogP contribution >= 0.6 is 38.5 Å². The molecule has 2 N–H and O–H groups in total. The minimum atomic E-state index is -0.0542. The summed E-state index contributed by atoms with van der Waals surface area (Å²) in [7, 11) is 0. The molecule has 0 aliphatic heterocycles. The molecule has 2 rings (SSSR count). The zero-order chi connectivity index (χ0) is 19.8. The van der Waals surface area contributed by atoms with Crippen LogP contribution in [-0.2, 0) is 0 Å². The van der Waals surface area contributed by atoms with E-state index in [0.29, 0.717) is 12.1 Å². The van der Waals surface area contributed by atoms with Crippen LogP contribution in [0.15, 0.2) is 40.9 Å². The quantitative estimate of drug-likeness (QED) is 0.321. The monoisotopic (exact) mass is 543 g/mol. The van der Waals surface area contributed by atoms with Crippen LogP contribution in [0.3, 0.4) is 0 Å². The lowest BCUT2D eigenvalue weighted by atomic mass is 10.1.